The lowest BCUT2D eigenvalue weighted by molar-refractivity contribution is 0.882. The van der Waals surface area contributed by atoms with Gasteiger partial charge in [0.2, 0.25) is 0 Å². The van der Waals surface area contributed by atoms with Crippen LogP contribution < -0.4 is 9.75 Å². The maximum atomic E-state index is 4.10. The van der Waals surface area contributed by atoms with Crippen LogP contribution in [0.25, 0.3) is 22.7 Å². The van der Waals surface area contributed by atoms with Crippen LogP contribution in [-0.4, -0.2) is 0 Å². The molecule has 0 amide bonds. The van der Waals surface area contributed by atoms with Gasteiger partial charge in [-0.1, -0.05) is 44.7 Å². The molecule has 72 valence electrons. The largest absolute Gasteiger partial charge is 0.136 e. The number of thiophene rings is 1. The second-order valence-electron chi connectivity index (χ2n) is 3.85. The molecule has 0 N–H and O–H groups in total. The van der Waals surface area contributed by atoms with Crippen molar-refractivity contribution in [3.05, 3.63) is 34.0 Å². The Labute approximate surface area is 88.2 Å². The molecule has 0 aliphatic rings. The molecule has 0 unspecified atom stereocenters. The summed E-state index contributed by atoms with van der Waals surface area (Å²) in [5.41, 5.74) is 0. The zero-order valence-corrected chi connectivity index (χ0v) is 9.40. The van der Waals surface area contributed by atoms with Crippen LogP contribution >= 0.6 is 11.3 Å². The van der Waals surface area contributed by atoms with Crippen molar-refractivity contribution in [2.75, 3.05) is 0 Å². The van der Waals surface area contributed by atoms with Crippen LogP contribution in [-0.2, 0) is 0 Å². The van der Waals surface area contributed by atoms with E-state index in [1.165, 1.54) is 19.8 Å². The summed E-state index contributed by atoms with van der Waals surface area (Å²) in [5, 5.41) is 2.66. The highest BCUT2D eigenvalue weighted by Crippen LogP contribution is 2.12. The second kappa shape index (κ2) is 3.58. The van der Waals surface area contributed by atoms with E-state index in [2.05, 4.69) is 50.8 Å². The standard InChI is InChI=1S/C13H14S/c1-9(2)8-12-10(3)14-13-7-5-4-6-11(12)13/h4-9H,3H2,1-2H3/b12-8+. The number of hydrogen-bond donors (Lipinski definition) is 0. The smallest absolute Gasteiger partial charge is 0.0355 e. The van der Waals surface area contributed by atoms with E-state index in [0.29, 0.717) is 5.92 Å². The first-order valence-electron chi connectivity index (χ1n) is 4.87. The molecule has 0 aliphatic heterocycles. The van der Waals surface area contributed by atoms with Crippen LogP contribution in [0.1, 0.15) is 13.8 Å². The van der Waals surface area contributed by atoms with Gasteiger partial charge >= 0.3 is 0 Å². The van der Waals surface area contributed by atoms with Gasteiger partial charge in [0.25, 0.3) is 0 Å². The summed E-state index contributed by atoms with van der Waals surface area (Å²) >= 11 is 1.78. The van der Waals surface area contributed by atoms with Crippen molar-refractivity contribution in [2.24, 2.45) is 5.92 Å². The molecule has 0 saturated heterocycles. The van der Waals surface area contributed by atoms with Gasteiger partial charge in [-0.05, 0) is 22.6 Å². The molecule has 0 atom stereocenters. The third-order valence-corrected chi connectivity index (χ3v) is 3.25. The molecule has 0 radical (unpaired) electrons. The molecule has 14 heavy (non-hydrogen) atoms. The summed E-state index contributed by atoms with van der Waals surface area (Å²) in [6.45, 7) is 8.50. The Bertz CT molecular complexity index is 546. The van der Waals surface area contributed by atoms with E-state index in [4.69, 9.17) is 0 Å². The van der Waals surface area contributed by atoms with Crippen molar-refractivity contribution in [3.63, 3.8) is 0 Å². The highest BCUT2D eigenvalue weighted by Gasteiger charge is 1.98. The van der Waals surface area contributed by atoms with Crippen LogP contribution in [0.5, 0.6) is 0 Å². The number of fused-ring (bicyclic) bond motifs is 1. The van der Waals surface area contributed by atoms with Gasteiger partial charge in [-0.25, -0.2) is 0 Å². The topological polar surface area (TPSA) is 0 Å². The maximum Gasteiger partial charge on any atom is 0.0355 e. The molecule has 0 nitrogen and oxygen atoms in total. The average Bonchev–Trinajstić information content (AvgIpc) is 2.43. The predicted octanol–water partition coefficient (Wildman–Crippen LogP) is 2.75. The fourth-order valence-corrected chi connectivity index (χ4v) is 2.62. The molecule has 0 aliphatic carbocycles. The third-order valence-electron chi connectivity index (χ3n) is 2.21. The van der Waals surface area contributed by atoms with E-state index in [1.54, 1.807) is 11.3 Å². The Morgan fingerprint density at radius 1 is 1.29 bits per heavy atom. The summed E-state index contributed by atoms with van der Waals surface area (Å²) in [6.07, 6.45) is 2.29. The van der Waals surface area contributed by atoms with Crippen molar-refractivity contribution in [2.45, 2.75) is 13.8 Å². The first kappa shape index (κ1) is 9.47. The minimum atomic E-state index is 0.577. The predicted molar refractivity (Wildman–Crippen MR) is 65.9 cm³/mol. The zero-order valence-electron chi connectivity index (χ0n) is 8.58. The molecule has 1 heteroatoms. The molecule has 1 aromatic heterocycles. The SMILES string of the molecule is C=c1sc2ccccc2/c1=C/C(C)C. The van der Waals surface area contributed by atoms with Crippen LogP contribution in [0, 0.1) is 5.92 Å². The van der Waals surface area contributed by atoms with Gasteiger partial charge in [-0.15, -0.1) is 11.3 Å². The summed E-state index contributed by atoms with van der Waals surface area (Å²) in [4.78, 5) is 0. The monoisotopic (exact) mass is 202 g/mol. The molecule has 0 spiro atoms. The fourth-order valence-electron chi connectivity index (χ4n) is 1.63. The first-order chi connectivity index (χ1) is 6.68. The third kappa shape index (κ3) is 1.60. The molecular weight excluding hydrogens is 188 g/mol. The summed E-state index contributed by atoms with van der Waals surface area (Å²) < 4.78 is 2.52. The lowest BCUT2D eigenvalue weighted by Crippen LogP contribution is -2.17. The molecule has 1 heterocycles. The Hall–Kier alpha value is -1.08. The lowest BCUT2D eigenvalue weighted by Gasteiger charge is -1.92. The number of rotatable bonds is 1. The lowest BCUT2D eigenvalue weighted by atomic mass is 10.1. The summed E-state index contributed by atoms with van der Waals surface area (Å²) in [5.74, 6) is 0.577. The maximum absolute atomic E-state index is 4.10. The number of hydrogen-bond acceptors (Lipinski definition) is 1. The molecule has 2 aromatic rings. The van der Waals surface area contributed by atoms with Crippen LogP contribution in [0.15, 0.2) is 24.3 Å². The molecule has 2 rings (SSSR count). The first-order valence-corrected chi connectivity index (χ1v) is 5.68. The van der Waals surface area contributed by atoms with Crippen LogP contribution in [0.2, 0.25) is 0 Å². The van der Waals surface area contributed by atoms with Crippen molar-refractivity contribution >= 4 is 34.1 Å². The van der Waals surface area contributed by atoms with Gasteiger partial charge in [-0.3, -0.25) is 0 Å². The van der Waals surface area contributed by atoms with E-state index in [-0.39, 0.29) is 0 Å². The van der Waals surface area contributed by atoms with Crippen molar-refractivity contribution in [3.8, 4) is 0 Å². The van der Waals surface area contributed by atoms with E-state index in [1.807, 2.05) is 0 Å². The van der Waals surface area contributed by atoms with E-state index < -0.39 is 0 Å². The molecule has 1 aromatic carbocycles. The Morgan fingerprint density at radius 3 is 2.71 bits per heavy atom. The molecular formula is C13H14S. The average molecular weight is 202 g/mol. The normalized spacial score (nSPS) is 12.9. The highest BCUT2D eigenvalue weighted by molar-refractivity contribution is 7.17. The quantitative estimate of drug-likeness (QED) is 0.667. The summed E-state index contributed by atoms with van der Waals surface area (Å²) in [7, 11) is 0. The molecule has 0 saturated carbocycles. The van der Waals surface area contributed by atoms with Crippen LogP contribution in [0.3, 0.4) is 0 Å². The van der Waals surface area contributed by atoms with Gasteiger partial charge < -0.3 is 0 Å². The fraction of sp³-hybridized carbons (Fsp3) is 0.231. The van der Waals surface area contributed by atoms with Crippen molar-refractivity contribution in [1.29, 1.82) is 0 Å². The van der Waals surface area contributed by atoms with Crippen LogP contribution in [0.4, 0.5) is 0 Å². The van der Waals surface area contributed by atoms with E-state index >= 15 is 0 Å². The Kier molecular flexibility index (Phi) is 2.42. The minimum Gasteiger partial charge on any atom is -0.136 e. The van der Waals surface area contributed by atoms with Gasteiger partial charge in [0, 0.05) is 9.23 Å². The molecule has 0 bridgehead atoms. The van der Waals surface area contributed by atoms with Gasteiger partial charge in [-0.2, -0.15) is 0 Å². The van der Waals surface area contributed by atoms with Crippen molar-refractivity contribution < 1.29 is 0 Å². The van der Waals surface area contributed by atoms with Gasteiger partial charge in [0.15, 0.2) is 0 Å². The van der Waals surface area contributed by atoms with Crippen molar-refractivity contribution in [1.82, 2.24) is 0 Å². The number of benzene rings is 1. The van der Waals surface area contributed by atoms with Gasteiger partial charge in [0.1, 0.15) is 0 Å². The molecule has 0 fully saturated rings. The second-order valence-corrected chi connectivity index (χ2v) is 4.98. The Balaban J connectivity index is 2.88. The zero-order chi connectivity index (χ0) is 10.1. The van der Waals surface area contributed by atoms with E-state index in [0.717, 1.165) is 0 Å². The minimum absolute atomic E-state index is 0.577. The van der Waals surface area contributed by atoms with E-state index in [9.17, 15) is 0 Å². The Morgan fingerprint density at radius 2 is 2.00 bits per heavy atom. The summed E-state index contributed by atoms with van der Waals surface area (Å²) in [6, 6.07) is 8.50. The highest BCUT2D eigenvalue weighted by atomic mass is 32.1. The van der Waals surface area contributed by atoms with Gasteiger partial charge in [0.05, 0.1) is 0 Å².